The van der Waals surface area contributed by atoms with E-state index in [2.05, 4.69) is 17.6 Å². The molecule has 0 radical (unpaired) electrons. The second-order valence-corrected chi connectivity index (χ2v) is 4.11. The van der Waals surface area contributed by atoms with Gasteiger partial charge in [-0.1, -0.05) is 25.5 Å². The van der Waals surface area contributed by atoms with Crippen LogP contribution in [0.4, 0.5) is 9.18 Å². The van der Waals surface area contributed by atoms with E-state index in [4.69, 9.17) is 4.74 Å². The molecule has 5 heteroatoms. The van der Waals surface area contributed by atoms with Crippen molar-refractivity contribution in [3.8, 4) is 5.75 Å². The van der Waals surface area contributed by atoms with Crippen molar-refractivity contribution in [1.29, 1.82) is 0 Å². The number of hydrogen-bond acceptors (Lipinski definition) is 2. The normalized spacial score (nSPS) is 10.0. The van der Waals surface area contributed by atoms with Crippen LogP contribution in [0.2, 0.25) is 0 Å². The summed E-state index contributed by atoms with van der Waals surface area (Å²) >= 11 is 0. The van der Waals surface area contributed by atoms with E-state index in [-0.39, 0.29) is 12.6 Å². The van der Waals surface area contributed by atoms with Crippen LogP contribution in [0, 0.1) is 0 Å². The van der Waals surface area contributed by atoms with Crippen LogP contribution in [-0.2, 0) is 6.42 Å². The standard InChI is InChI=1S/C14H21FN2O2/c1-2-3-12-4-6-13(7-5-12)19-11-10-17-14(18)16-9-8-15/h4-7H,2-3,8-11H2,1H3,(H2,16,17,18). The van der Waals surface area contributed by atoms with E-state index in [0.717, 1.165) is 18.6 Å². The van der Waals surface area contributed by atoms with Gasteiger partial charge >= 0.3 is 6.03 Å². The Labute approximate surface area is 113 Å². The average Bonchev–Trinajstić information content (AvgIpc) is 2.43. The van der Waals surface area contributed by atoms with Crippen molar-refractivity contribution in [2.24, 2.45) is 0 Å². The fraction of sp³-hybridized carbons (Fsp3) is 0.500. The third kappa shape index (κ3) is 6.64. The van der Waals surface area contributed by atoms with Crippen LogP contribution in [0.15, 0.2) is 24.3 Å². The van der Waals surface area contributed by atoms with Crippen molar-refractivity contribution in [2.45, 2.75) is 19.8 Å². The number of carbonyl (C=O) groups is 1. The molecule has 19 heavy (non-hydrogen) atoms. The predicted molar refractivity (Wildman–Crippen MR) is 73.3 cm³/mol. The van der Waals surface area contributed by atoms with Crippen LogP contribution in [0.3, 0.4) is 0 Å². The zero-order valence-electron chi connectivity index (χ0n) is 11.2. The molecule has 1 aromatic rings. The molecule has 0 aliphatic rings. The summed E-state index contributed by atoms with van der Waals surface area (Å²) in [5, 5.41) is 4.95. The third-order valence-electron chi connectivity index (χ3n) is 2.50. The molecular formula is C14H21FN2O2. The van der Waals surface area contributed by atoms with Gasteiger partial charge < -0.3 is 15.4 Å². The Balaban J connectivity index is 2.16. The first kappa shape index (κ1) is 15.3. The largest absolute Gasteiger partial charge is 0.492 e. The summed E-state index contributed by atoms with van der Waals surface area (Å²) in [7, 11) is 0. The summed E-state index contributed by atoms with van der Waals surface area (Å²) in [4.78, 5) is 11.1. The number of halogens is 1. The highest BCUT2D eigenvalue weighted by Crippen LogP contribution is 2.12. The van der Waals surface area contributed by atoms with Crippen molar-refractivity contribution >= 4 is 6.03 Å². The minimum Gasteiger partial charge on any atom is -0.492 e. The Morgan fingerprint density at radius 1 is 1.21 bits per heavy atom. The number of alkyl halides is 1. The molecule has 0 saturated carbocycles. The summed E-state index contributed by atoms with van der Waals surface area (Å²) in [6.45, 7) is 2.38. The van der Waals surface area contributed by atoms with E-state index in [1.807, 2.05) is 24.3 Å². The molecule has 0 aliphatic carbocycles. The molecule has 0 spiro atoms. The maximum Gasteiger partial charge on any atom is 0.314 e. The monoisotopic (exact) mass is 268 g/mol. The molecular weight excluding hydrogens is 247 g/mol. The minimum absolute atomic E-state index is 0.0333. The zero-order chi connectivity index (χ0) is 13.9. The van der Waals surface area contributed by atoms with Crippen molar-refractivity contribution in [3.63, 3.8) is 0 Å². The van der Waals surface area contributed by atoms with Gasteiger partial charge in [0.1, 0.15) is 19.0 Å². The molecule has 2 amide bonds. The first-order chi connectivity index (χ1) is 9.26. The smallest absolute Gasteiger partial charge is 0.314 e. The summed E-state index contributed by atoms with van der Waals surface area (Å²) in [6.07, 6.45) is 2.19. The highest BCUT2D eigenvalue weighted by atomic mass is 19.1. The lowest BCUT2D eigenvalue weighted by Gasteiger charge is -2.08. The molecule has 0 bridgehead atoms. The van der Waals surface area contributed by atoms with Crippen LogP contribution < -0.4 is 15.4 Å². The van der Waals surface area contributed by atoms with Crippen molar-refractivity contribution < 1.29 is 13.9 Å². The Hall–Kier alpha value is -1.78. The molecule has 0 saturated heterocycles. The Morgan fingerprint density at radius 2 is 1.89 bits per heavy atom. The number of ether oxygens (including phenoxy) is 1. The topological polar surface area (TPSA) is 50.4 Å². The fourth-order valence-electron chi connectivity index (χ4n) is 1.60. The van der Waals surface area contributed by atoms with Gasteiger partial charge in [0.05, 0.1) is 6.54 Å². The van der Waals surface area contributed by atoms with Crippen molar-refractivity contribution in [3.05, 3.63) is 29.8 Å². The first-order valence-electron chi connectivity index (χ1n) is 6.55. The highest BCUT2D eigenvalue weighted by molar-refractivity contribution is 5.73. The third-order valence-corrected chi connectivity index (χ3v) is 2.50. The van der Waals surface area contributed by atoms with E-state index in [9.17, 15) is 9.18 Å². The molecule has 1 rings (SSSR count). The number of carbonyl (C=O) groups excluding carboxylic acids is 1. The van der Waals surface area contributed by atoms with Gasteiger partial charge in [-0.25, -0.2) is 9.18 Å². The first-order valence-corrected chi connectivity index (χ1v) is 6.55. The Bertz CT molecular complexity index is 368. The van der Waals surface area contributed by atoms with Crippen LogP contribution >= 0.6 is 0 Å². The van der Waals surface area contributed by atoms with Gasteiger partial charge in [-0.3, -0.25) is 0 Å². The molecule has 4 nitrogen and oxygen atoms in total. The number of rotatable bonds is 8. The lowest BCUT2D eigenvalue weighted by atomic mass is 10.1. The van der Waals surface area contributed by atoms with Gasteiger partial charge in [0, 0.05) is 6.54 Å². The SMILES string of the molecule is CCCc1ccc(OCCNC(=O)NCCF)cc1. The lowest BCUT2D eigenvalue weighted by molar-refractivity contribution is 0.235. The van der Waals surface area contributed by atoms with Gasteiger partial charge in [-0.05, 0) is 24.1 Å². The number of aryl methyl sites for hydroxylation is 1. The summed E-state index contributed by atoms with van der Waals surface area (Å²) in [6, 6.07) is 7.56. The summed E-state index contributed by atoms with van der Waals surface area (Å²) in [5.41, 5.74) is 1.29. The molecule has 2 N–H and O–H groups in total. The number of urea groups is 1. The Morgan fingerprint density at radius 3 is 2.53 bits per heavy atom. The molecule has 0 unspecified atom stereocenters. The molecule has 0 aliphatic heterocycles. The second-order valence-electron chi connectivity index (χ2n) is 4.11. The van der Waals surface area contributed by atoms with E-state index in [1.165, 1.54) is 5.56 Å². The maximum atomic E-state index is 11.8. The number of benzene rings is 1. The van der Waals surface area contributed by atoms with Gasteiger partial charge in [0.25, 0.3) is 0 Å². The van der Waals surface area contributed by atoms with E-state index >= 15 is 0 Å². The molecule has 0 heterocycles. The minimum atomic E-state index is -0.561. The zero-order valence-corrected chi connectivity index (χ0v) is 11.2. The fourth-order valence-corrected chi connectivity index (χ4v) is 1.60. The van der Waals surface area contributed by atoms with E-state index in [0.29, 0.717) is 13.2 Å². The quantitative estimate of drug-likeness (QED) is 0.711. The number of hydrogen-bond donors (Lipinski definition) is 2. The molecule has 1 aromatic carbocycles. The van der Waals surface area contributed by atoms with Gasteiger partial charge in [0.2, 0.25) is 0 Å². The second kappa shape index (κ2) is 9.19. The number of nitrogens with one attached hydrogen (secondary N) is 2. The Kier molecular flexibility index (Phi) is 7.39. The molecule has 106 valence electrons. The van der Waals surface area contributed by atoms with E-state index in [1.54, 1.807) is 0 Å². The lowest BCUT2D eigenvalue weighted by Crippen LogP contribution is -2.38. The van der Waals surface area contributed by atoms with Crippen LogP contribution in [0.25, 0.3) is 0 Å². The van der Waals surface area contributed by atoms with Gasteiger partial charge in [-0.15, -0.1) is 0 Å². The molecule has 0 fully saturated rings. The number of amides is 2. The van der Waals surface area contributed by atoms with Crippen LogP contribution in [0.1, 0.15) is 18.9 Å². The van der Waals surface area contributed by atoms with Gasteiger partial charge in [0.15, 0.2) is 0 Å². The predicted octanol–water partition coefficient (Wildman–Crippen LogP) is 2.29. The maximum absolute atomic E-state index is 11.8. The average molecular weight is 268 g/mol. The van der Waals surface area contributed by atoms with Crippen LogP contribution in [0.5, 0.6) is 5.75 Å². The van der Waals surface area contributed by atoms with Crippen LogP contribution in [-0.4, -0.2) is 32.4 Å². The summed E-state index contributed by atoms with van der Waals surface area (Å²) < 4.78 is 17.3. The molecule has 0 atom stereocenters. The summed E-state index contributed by atoms with van der Waals surface area (Å²) in [5.74, 6) is 0.783. The molecule has 0 aromatic heterocycles. The van der Waals surface area contributed by atoms with Crippen molar-refractivity contribution in [2.75, 3.05) is 26.4 Å². The highest BCUT2D eigenvalue weighted by Gasteiger charge is 1.99. The van der Waals surface area contributed by atoms with Gasteiger partial charge in [-0.2, -0.15) is 0 Å². The van der Waals surface area contributed by atoms with E-state index < -0.39 is 6.67 Å². The van der Waals surface area contributed by atoms with Crippen molar-refractivity contribution in [1.82, 2.24) is 10.6 Å².